The molecule has 0 aromatic heterocycles. The Labute approximate surface area is 179 Å². The minimum Gasteiger partial charge on any atom is -0.497 e. The Bertz CT molecular complexity index is 929. The topological polar surface area (TPSA) is 84.9 Å². The van der Waals surface area contributed by atoms with E-state index in [4.69, 9.17) is 9.47 Å². The van der Waals surface area contributed by atoms with Gasteiger partial charge in [-0.05, 0) is 68.7 Å². The minimum atomic E-state index is -3.65. The highest BCUT2D eigenvalue weighted by molar-refractivity contribution is 7.92. The summed E-state index contributed by atoms with van der Waals surface area (Å²) in [4.78, 5) is 12.6. The van der Waals surface area contributed by atoms with Gasteiger partial charge < -0.3 is 14.8 Å². The molecule has 8 heteroatoms. The van der Waals surface area contributed by atoms with Gasteiger partial charge in [-0.2, -0.15) is 0 Å². The van der Waals surface area contributed by atoms with Crippen LogP contribution in [0, 0.1) is 0 Å². The monoisotopic (exact) mass is 434 g/mol. The molecule has 0 bridgehead atoms. The Hall–Kier alpha value is -2.74. The van der Waals surface area contributed by atoms with Crippen molar-refractivity contribution in [2.75, 3.05) is 30.8 Å². The Morgan fingerprint density at radius 1 is 1.13 bits per heavy atom. The van der Waals surface area contributed by atoms with Crippen LogP contribution in [0.25, 0.3) is 0 Å². The van der Waals surface area contributed by atoms with Crippen LogP contribution in [0.4, 0.5) is 5.69 Å². The molecule has 0 aliphatic carbocycles. The van der Waals surface area contributed by atoms with Gasteiger partial charge >= 0.3 is 0 Å². The van der Waals surface area contributed by atoms with Crippen molar-refractivity contribution in [3.8, 4) is 11.5 Å². The van der Waals surface area contributed by atoms with Crippen molar-refractivity contribution in [2.24, 2.45) is 0 Å². The number of hydrogen-bond acceptors (Lipinski definition) is 5. The van der Waals surface area contributed by atoms with E-state index in [0.29, 0.717) is 24.6 Å². The van der Waals surface area contributed by atoms with Crippen molar-refractivity contribution >= 4 is 21.6 Å². The van der Waals surface area contributed by atoms with E-state index in [1.807, 2.05) is 31.2 Å². The van der Waals surface area contributed by atoms with Gasteiger partial charge in [-0.3, -0.25) is 9.10 Å². The number of sulfonamides is 1. The Morgan fingerprint density at radius 3 is 2.43 bits per heavy atom. The van der Waals surface area contributed by atoms with E-state index in [1.165, 1.54) is 0 Å². The number of ether oxygens (including phenoxy) is 2. The van der Waals surface area contributed by atoms with Crippen molar-refractivity contribution in [2.45, 2.75) is 32.7 Å². The van der Waals surface area contributed by atoms with Gasteiger partial charge in [0.15, 0.2) is 0 Å². The molecule has 164 valence electrons. The van der Waals surface area contributed by atoms with Gasteiger partial charge in [-0.15, -0.1) is 0 Å². The van der Waals surface area contributed by atoms with Crippen LogP contribution < -0.4 is 19.1 Å². The van der Waals surface area contributed by atoms with Gasteiger partial charge in [0.2, 0.25) is 15.9 Å². The lowest BCUT2D eigenvalue weighted by Gasteiger charge is -2.28. The number of methoxy groups -OCH3 is 1. The Kier molecular flexibility index (Phi) is 8.53. The lowest BCUT2D eigenvalue weighted by molar-refractivity contribution is -0.121. The molecule has 0 spiro atoms. The summed E-state index contributed by atoms with van der Waals surface area (Å²) in [7, 11) is -2.03. The lowest BCUT2D eigenvalue weighted by Crippen LogP contribution is -2.48. The zero-order valence-corrected chi connectivity index (χ0v) is 18.7. The highest BCUT2D eigenvalue weighted by atomic mass is 32.2. The van der Waals surface area contributed by atoms with E-state index in [0.717, 1.165) is 34.7 Å². The third-order valence-corrected chi connectivity index (χ3v) is 5.81. The zero-order valence-electron chi connectivity index (χ0n) is 17.9. The molecule has 30 heavy (non-hydrogen) atoms. The molecule has 0 saturated heterocycles. The summed E-state index contributed by atoms with van der Waals surface area (Å²) < 4.78 is 36.5. The molecule has 2 rings (SSSR count). The molecule has 0 fully saturated rings. The lowest BCUT2D eigenvalue weighted by atomic mass is 10.1. The molecule has 1 amide bonds. The maximum Gasteiger partial charge on any atom is 0.243 e. The number of amides is 1. The smallest absolute Gasteiger partial charge is 0.243 e. The second-order valence-electron chi connectivity index (χ2n) is 6.91. The van der Waals surface area contributed by atoms with Crippen LogP contribution in [0.1, 0.15) is 25.8 Å². The average molecular weight is 435 g/mol. The van der Waals surface area contributed by atoms with Crippen molar-refractivity contribution in [3.05, 3.63) is 54.1 Å². The van der Waals surface area contributed by atoms with E-state index in [9.17, 15) is 13.2 Å². The van der Waals surface area contributed by atoms with E-state index >= 15 is 0 Å². The Morgan fingerprint density at radius 2 is 1.83 bits per heavy atom. The molecule has 0 aliphatic heterocycles. The standard InChI is InChI=1S/C22H30N2O5S/c1-5-29-20-13-11-19(12-14-20)24(30(4,26)27)17(2)22(25)23-15-7-9-18-8-6-10-21(16-18)28-3/h6,8,10-14,16-17H,5,7,9,15H2,1-4H3,(H,23,25)/t17-/m1/s1. The number of anilines is 1. The SMILES string of the molecule is CCOc1ccc(N([C@H](C)C(=O)NCCCc2cccc(OC)c2)S(C)(=O)=O)cc1. The molecule has 0 saturated carbocycles. The fourth-order valence-corrected chi connectivity index (χ4v) is 4.32. The largest absolute Gasteiger partial charge is 0.497 e. The summed E-state index contributed by atoms with van der Waals surface area (Å²) in [6.07, 6.45) is 2.60. The zero-order chi connectivity index (χ0) is 22.1. The fraction of sp³-hybridized carbons (Fsp3) is 0.409. The third-order valence-electron chi connectivity index (χ3n) is 4.57. The second-order valence-corrected chi connectivity index (χ2v) is 8.77. The Balaban J connectivity index is 1.98. The second kappa shape index (κ2) is 10.9. The molecule has 0 radical (unpaired) electrons. The van der Waals surface area contributed by atoms with Crippen molar-refractivity contribution in [1.29, 1.82) is 0 Å². The van der Waals surface area contributed by atoms with Crippen LogP contribution in [0.15, 0.2) is 48.5 Å². The number of benzene rings is 2. The molecule has 2 aromatic carbocycles. The number of carbonyl (C=O) groups is 1. The van der Waals surface area contributed by atoms with Gasteiger partial charge in [0.1, 0.15) is 17.5 Å². The van der Waals surface area contributed by atoms with Crippen molar-refractivity contribution in [3.63, 3.8) is 0 Å². The summed E-state index contributed by atoms with van der Waals surface area (Å²) in [6, 6.07) is 13.5. The first kappa shape index (κ1) is 23.5. The van der Waals surface area contributed by atoms with Gasteiger partial charge in [0.05, 0.1) is 25.7 Å². The summed E-state index contributed by atoms with van der Waals surface area (Å²) in [5.41, 5.74) is 1.53. The van der Waals surface area contributed by atoms with Gasteiger partial charge in [0.25, 0.3) is 0 Å². The van der Waals surface area contributed by atoms with E-state index < -0.39 is 16.1 Å². The molecule has 1 N–H and O–H groups in total. The van der Waals surface area contributed by atoms with Crippen LogP contribution in [-0.4, -0.2) is 46.9 Å². The maximum atomic E-state index is 12.6. The number of nitrogens with zero attached hydrogens (tertiary/aromatic N) is 1. The predicted octanol–water partition coefficient (Wildman–Crippen LogP) is 3.00. The minimum absolute atomic E-state index is 0.347. The van der Waals surface area contributed by atoms with Crippen molar-refractivity contribution in [1.82, 2.24) is 5.32 Å². The maximum absolute atomic E-state index is 12.6. The van der Waals surface area contributed by atoms with Crippen LogP contribution in [0.5, 0.6) is 11.5 Å². The predicted molar refractivity (Wildman–Crippen MR) is 119 cm³/mol. The average Bonchev–Trinajstić information content (AvgIpc) is 2.71. The molecule has 1 atom stereocenters. The molecule has 0 aliphatic rings. The molecule has 0 heterocycles. The number of rotatable bonds is 11. The number of aryl methyl sites for hydroxylation is 1. The summed E-state index contributed by atoms with van der Waals surface area (Å²) >= 11 is 0. The number of nitrogens with one attached hydrogen (secondary N) is 1. The van der Waals surface area contributed by atoms with E-state index in [2.05, 4.69) is 5.32 Å². The van der Waals surface area contributed by atoms with Crippen LogP contribution in [0.2, 0.25) is 0 Å². The number of hydrogen-bond donors (Lipinski definition) is 1. The highest BCUT2D eigenvalue weighted by Gasteiger charge is 2.28. The first-order valence-corrected chi connectivity index (χ1v) is 11.7. The summed E-state index contributed by atoms with van der Waals surface area (Å²) in [5.74, 6) is 1.09. The third kappa shape index (κ3) is 6.66. The number of carbonyl (C=O) groups excluding carboxylic acids is 1. The van der Waals surface area contributed by atoms with Crippen LogP contribution in [0.3, 0.4) is 0 Å². The normalized spacial score (nSPS) is 12.1. The van der Waals surface area contributed by atoms with E-state index in [-0.39, 0.29) is 5.91 Å². The molecule has 2 aromatic rings. The van der Waals surface area contributed by atoms with Gasteiger partial charge in [-0.1, -0.05) is 12.1 Å². The van der Waals surface area contributed by atoms with Crippen molar-refractivity contribution < 1.29 is 22.7 Å². The molecular formula is C22H30N2O5S. The van der Waals surface area contributed by atoms with Crippen LogP contribution in [-0.2, 0) is 21.2 Å². The first-order valence-electron chi connectivity index (χ1n) is 9.89. The summed E-state index contributed by atoms with van der Waals surface area (Å²) in [6.45, 7) is 4.41. The van der Waals surface area contributed by atoms with Gasteiger partial charge in [-0.25, -0.2) is 8.42 Å². The first-order chi connectivity index (χ1) is 14.3. The van der Waals surface area contributed by atoms with Gasteiger partial charge in [0, 0.05) is 6.54 Å². The molecule has 0 unspecified atom stereocenters. The summed E-state index contributed by atoms with van der Waals surface area (Å²) in [5, 5.41) is 2.83. The van der Waals surface area contributed by atoms with Crippen LogP contribution >= 0.6 is 0 Å². The van der Waals surface area contributed by atoms with E-state index in [1.54, 1.807) is 38.3 Å². The highest BCUT2D eigenvalue weighted by Crippen LogP contribution is 2.24. The fourth-order valence-electron chi connectivity index (χ4n) is 3.14. The molecule has 7 nitrogen and oxygen atoms in total. The quantitative estimate of drug-likeness (QED) is 0.550. The molecular weight excluding hydrogens is 404 g/mol.